The van der Waals surface area contributed by atoms with Gasteiger partial charge in [-0.15, -0.1) is 0 Å². The average molecular weight is 246 g/mol. The number of aryl methyl sites for hydroxylation is 1. The minimum atomic E-state index is 0.0269. The summed E-state index contributed by atoms with van der Waals surface area (Å²) in [6.45, 7) is 2.75. The molecule has 3 nitrogen and oxygen atoms in total. The SMILES string of the molecule is Cc1ccccc1CN(C)C(=O)[C@H]1CCC[C@H]1N. The predicted molar refractivity (Wildman–Crippen MR) is 73.0 cm³/mol. The number of nitrogens with two attached hydrogens (primary N) is 1. The molecule has 2 atom stereocenters. The fourth-order valence-electron chi connectivity index (χ4n) is 2.70. The Bertz CT molecular complexity index is 430. The molecule has 0 aliphatic heterocycles. The highest BCUT2D eigenvalue weighted by molar-refractivity contribution is 5.79. The van der Waals surface area contributed by atoms with Crippen molar-refractivity contribution < 1.29 is 4.79 Å². The third-order valence-electron chi connectivity index (χ3n) is 3.93. The molecule has 0 bridgehead atoms. The molecular formula is C15H22N2O. The number of hydrogen-bond donors (Lipinski definition) is 1. The third-order valence-corrected chi connectivity index (χ3v) is 3.93. The monoisotopic (exact) mass is 246 g/mol. The van der Waals surface area contributed by atoms with E-state index >= 15 is 0 Å². The van der Waals surface area contributed by atoms with Crippen LogP contribution in [-0.4, -0.2) is 23.9 Å². The maximum absolute atomic E-state index is 12.3. The van der Waals surface area contributed by atoms with Crippen molar-refractivity contribution in [1.29, 1.82) is 0 Å². The minimum absolute atomic E-state index is 0.0269. The lowest BCUT2D eigenvalue weighted by molar-refractivity contribution is -0.134. The van der Waals surface area contributed by atoms with Crippen molar-refractivity contribution in [3.63, 3.8) is 0 Å². The van der Waals surface area contributed by atoms with Gasteiger partial charge in [-0.1, -0.05) is 30.7 Å². The fourth-order valence-corrected chi connectivity index (χ4v) is 2.70. The van der Waals surface area contributed by atoms with Gasteiger partial charge < -0.3 is 10.6 Å². The average Bonchev–Trinajstić information content (AvgIpc) is 2.77. The van der Waals surface area contributed by atoms with Crippen LogP contribution in [0.25, 0.3) is 0 Å². The van der Waals surface area contributed by atoms with Gasteiger partial charge in [0.2, 0.25) is 5.91 Å². The molecule has 1 aromatic carbocycles. The van der Waals surface area contributed by atoms with Crippen LogP contribution in [0.3, 0.4) is 0 Å². The molecule has 98 valence electrons. The van der Waals surface area contributed by atoms with Gasteiger partial charge in [0, 0.05) is 19.6 Å². The van der Waals surface area contributed by atoms with Crippen LogP contribution in [0.4, 0.5) is 0 Å². The van der Waals surface area contributed by atoms with E-state index in [0.717, 1.165) is 19.3 Å². The molecule has 0 spiro atoms. The van der Waals surface area contributed by atoms with Crippen molar-refractivity contribution in [3.8, 4) is 0 Å². The second-order valence-electron chi connectivity index (χ2n) is 5.32. The number of benzene rings is 1. The van der Waals surface area contributed by atoms with Gasteiger partial charge in [0.15, 0.2) is 0 Å². The fraction of sp³-hybridized carbons (Fsp3) is 0.533. The number of hydrogen-bond acceptors (Lipinski definition) is 2. The third kappa shape index (κ3) is 2.72. The maximum atomic E-state index is 12.3. The molecule has 1 aliphatic carbocycles. The van der Waals surface area contributed by atoms with Crippen molar-refractivity contribution in [2.45, 2.75) is 38.8 Å². The number of carbonyl (C=O) groups excluding carboxylic acids is 1. The lowest BCUT2D eigenvalue weighted by Crippen LogP contribution is -2.39. The molecule has 0 unspecified atom stereocenters. The van der Waals surface area contributed by atoms with Gasteiger partial charge >= 0.3 is 0 Å². The highest BCUT2D eigenvalue weighted by Crippen LogP contribution is 2.26. The van der Waals surface area contributed by atoms with Crippen molar-refractivity contribution >= 4 is 5.91 Å². The summed E-state index contributed by atoms with van der Waals surface area (Å²) < 4.78 is 0. The molecule has 3 heteroatoms. The Morgan fingerprint density at radius 3 is 2.72 bits per heavy atom. The second-order valence-corrected chi connectivity index (χ2v) is 5.32. The molecule has 1 saturated carbocycles. The molecule has 2 rings (SSSR count). The molecule has 0 saturated heterocycles. The summed E-state index contributed by atoms with van der Waals surface area (Å²) in [5.41, 5.74) is 8.43. The topological polar surface area (TPSA) is 46.3 Å². The summed E-state index contributed by atoms with van der Waals surface area (Å²) >= 11 is 0. The summed E-state index contributed by atoms with van der Waals surface area (Å²) in [7, 11) is 1.87. The van der Waals surface area contributed by atoms with E-state index in [-0.39, 0.29) is 17.9 Å². The first kappa shape index (κ1) is 13.1. The van der Waals surface area contributed by atoms with Gasteiger partial charge in [-0.2, -0.15) is 0 Å². The van der Waals surface area contributed by atoms with Crippen LogP contribution >= 0.6 is 0 Å². The predicted octanol–water partition coefficient (Wildman–Crippen LogP) is 2.08. The van der Waals surface area contributed by atoms with Gasteiger partial charge in [-0.25, -0.2) is 0 Å². The Morgan fingerprint density at radius 2 is 2.11 bits per heavy atom. The molecule has 1 aromatic rings. The van der Waals surface area contributed by atoms with Crippen molar-refractivity contribution in [1.82, 2.24) is 4.90 Å². The van der Waals surface area contributed by atoms with Crippen LogP contribution in [0.5, 0.6) is 0 Å². The van der Waals surface area contributed by atoms with Crippen molar-refractivity contribution in [2.24, 2.45) is 11.7 Å². The van der Waals surface area contributed by atoms with E-state index in [1.807, 2.05) is 24.1 Å². The van der Waals surface area contributed by atoms with Crippen LogP contribution < -0.4 is 5.73 Å². The number of carbonyl (C=O) groups is 1. The Morgan fingerprint density at radius 1 is 1.39 bits per heavy atom. The van der Waals surface area contributed by atoms with Gasteiger partial charge in [-0.3, -0.25) is 4.79 Å². The van der Waals surface area contributed by atoms with Crippen LogP contribution in [0.1, 0.15) is 30.4 Å². The minimum Gasteiger partial charge on any atom is -0.341 e. The normalized spacial score (nSPS) is 23.1. The van der Waals surface area contributed by atoms with Gasteiger partial charge in [0.25, 0.3) is 0 Å². The van der Waals surface area contributed by atoms with E-state index in [9.17, 15) is 4.79 Å². The van der Waals surface area contributed by atoms with Crippen LogP contribution in [0.2, 0.25) is 0 Å². The number of nitrogens with zero attached hydrogens (tertiary/aromatic N) is 1. The molecule has 2 N–H and O–H groups in total. The van der Waals surface area contributed by atoms with Crippen molar-refractivity contribution in [2.75, 3.05) is 7.05 Å². The lowest BCUT2D eigenvalue weighted by Gasteiger charge is -2.24. The zero-order valence-electron chi connectivity index (χ0n) is 11.2. The van der Waals surface area contributed by atoms with E-state index in [4.69, 9.17) is 5.73 Å². The Balaban J connectivity index is 2.01. The second kappa shape index (κ2) is 5.53. The molecule has 0 aromatic heterocycles. The van der Waals surface area contributed by atoms with E-state index in [0.29, 0.717) is 6.54 Å². The van der Waals surface area contributed by atoms with E-state index in [1.54, 1.807) is 0 Å². The zero-order chi connectivity index (χ0) is 13.1. The first-order valence-electron chi connectivity index (χ1n) is 6.64. The van der Waals surface area contributed by atoms with Gasteiger partial charge in [-0.05, 0) is 30.9 Å². The first-order valence-corrected chi connectivity index (χ1v) is 6.64. The van der Waals surface area contributed by atoms with Gasteiger partial charge in [0.1, 0.15) is 0 Å². The summed E-state index contributed by atoms with van der Waals surface area (Å²) in [5.74, 6) is 0.224. The number of amides is 1. The quantitative estimate of drug-likeness (QED) is 0.887. The highest BCUT2D eigenvalue weighted by atomic mass is 16.2. The van der Waals surface area contributed by atoms with E-state index in [1.165, 1.54) is 11.1 Å². The summed E-state index contributed by atoms with van der Waals surface area (Å²) in [6.07, 6.45) is 3.00. The Kier molecular flexibility index (Phi) is 4.02. The molecule has 1 amide bonds. The molecule has 1 aliphatic rings. The van der Waals surface area contributed by atoms with Crippen molar-refractivity contribution in [3.05, 3.63) is 35.4 Å². The molecular weight excluding hydrogens is 224 g/mol. The van der Waals surface area contributed by atoms with E-state index in [2.05, 4.69) is 19.1 Å². The lowest BCUT2D eigenvalue weighted by atomic mass is 10.0. The molecule has 18 heavy (non-hydrogen) atoms. The van der Waals surface area contributed by atoms with Crippen LogP contribution in [0.15, 0.2) is 24.3 Å². The molecule has 0 radical (unpaired) electrons. The zero-order valence-corrected chi connectivity index (χ0v) is 11.2. The molecule has 1 fully saturated rings. The number of rotatable bonds is 3. The smallest absolute Gasteiger partial charge is 0.227 e. The maximum Gasteiger partial charge on any atom is 0.227 e. The van der Waals surface area contributed by atoms with Crippen LogP contribution in [-0.2, 0) is 11.3 Å². The highest BCUT2D eigenvalue weighted by Gasteiger charge is 2.32. The van der Waals surface area contributed by atoms with Crippen LogP contribution in [0, 0.1) is 12.8 Å². The summed E-state index contributed by atoms with van der Waals surface area (Å²) in [4.78, 5) is 14.1. The standard InChI is InChI=1S/C15H22N2O/c1-11-6-3-4-7-12(11)10-17(2)15(18)13-8-5-9-14(13)16/h3-4,6-7,13-14H,5,8-10,16H2,1-2H3/t13-,14+/m0/s1. The summed E-state index contributed by atoms with van der Waals surface area (Å²) in [6, 6.07) is 8.25. The van der Waals surface area contributed by atoms with Gasteiger partial charge in [0.05, 0.1) is 5.92 Å². The molecule has 0 heterocycles. The first-order chi connectivity index (χ1) is 8.59. The van der Waals surface area contributed by atoms with E-state index < -0.39 is 0 Å². The Hall–Kier alpha value is -1.35. The Labute approximate surface area is 109 Å². The summed E-state index contributed by atoms with van der Waals surface area (Å²) in [5, 5.41) is 0. The largest absolute Gasteiger partial charge is 0.341 e.